The summed E-state index contributed by atoms with van der Waals surface area (Å²) in [5.74, 6) is 0.833. The molecule has 0 atom stereocenters. The standard InChI is InChI=1S/C14H22N2O2/c1-10(2)8-16(9-11(3)4)14(18)12-5-6-13(17)15-7-12/h5-7,10-11H,8-9H2,1-4H3,(H,15,17). The number of amides is 1. The highest BCUT2D eigenvalue weighted by molar-refractivity contribution is 5.93. The fraction of sp³-hybridized carbons (Fsp3) is 0.571. The van der Waals surface area contributed by atoms with Gasteiger partial charge in [0.15, 0.2) is 0 Å². The van der Waals surface area contributed by atoms with Gasteiger partial charge >= 0.3 is 0 Å². The molecule has 0 aliphatic carbocycles. The Kier molecular flexibility index (Phi) is 5.13. The molecule has 0 fully saturated rings. The summed E-state index contributed by atoms with van der Waals surface area (Å²) < 4.78 is 0. The molecule has 0 aromatic carbocycles. The summed E-state index contributed by atoms with van der Waals surface area (Å²) in [7, 11) is 0. The van der Waals surface area contributed by atoms with Crippen LogP contribution in [0.5, 0.6) is 0 Å². The molecular formula is C14H22N2O2. The average molecular weight is 250 g/mol. The maximum Gasteiger partial charge on any atom is 0.255 e. The van der Waals surface area contributed by atoms with Crippen molar-refractivity contribution in [3.05, 3.63) is 34.2 Å². The van der Waals surface area contributed by atoms with Gasteiger partial charge in [-0.2, -0.15) is 0 Å². The first-order valence-corrected chi connectivity index (χ1v) is 6.38. The van der Waals surface area contributed by atoms with E-state index < -0.39 is 0 Å². The van der Waals surface area contributed by atoms with E-state index in [0.29, 0.717) is 17.4 Å². The van der Waals surface area contributed by atoms with Crippen molar-refractivity contribution < 1.29 is 4.79 Å². The Hall–Kier alpha value is -1.58. The molecule has 1 amide bonds. The van der Waals surface area contributed by atoms with E-state index in [0.717, 1.165) is 13.1 Å². The summed E-state index contributed by atoms with van der Waals surface area (Å²) >= 11 is 0. The lowest BCUT2D eigenvalue weighted by molar-refractivity contribution is 0.0714. The lowest BCUT2D eigenvalue weighted by Crippen LogP contribution is -2.37. The third kappa shape index (κ3) is 4.35. The lowest BCUT2D eigenvalue weighted by atomic mass is 10.1. The van der Waals surface area contributed by atoms with Gasteiger partial charge in [-0.05, 0) is 17.9 Å². The van der Waals surface area contributed by atoms with Gasteiger partial charge in [-0.1, -0.05) is 27.7 Å². The van der Waals surface area contributed by atoms with Crippen LogP contribution in [-0.4, -0.2) is 28.9 Å². The zero-order valence-electron chi connectivity index (χ0n) is 11.6. The topological polar surface area (TPSA) is 53.2 Å². The molecule has 0 radical (unpaired) electrons. The van der Waals surface area contributed by atoms with Crippen LogP contribution in [0.1, 0.15) is 38.1 Å². The van der Waals surface area contributed by atoms with Gasteiger partial charge in [0.05, 0.1) is 5.56 Å². The molecule has 1 N–H and O–H groups in total. The summed E-state index contributed by atoms with van der Waals surface area (Å²) in [4.78, 5) is 27.7. The predicted octanol–water partition coefficient (Wildman–Crippen LogP) is 2.13. The van der Waals surface area contributed by atoms with Crippen LogP contribution >= 0.6 is 0 Å². The molecule has 100 valence electrons. The third-order valence-electron chi connectivity index (χ3n) is 2.49. The van der Waals surface area contributed by atoms with E-state index in [1.165, 1.54) is 12.3 Å². The maximum atomic E-state index is 12.3. The Morgan fingerprint density at radius 3 is 2.11 bits per heavy atom. The lowest BCUT2D eigenvalue weighted by Gasteiger charge is -2.26. The van der Waals surface area contributed by atoms with Crippen LogP contribution in [0.15, 0.2) is 23.1 Å². The van der Waals surface area contributed by atoms with Gasteiger partial charge in [0.2, 0.25) is 5.56 Å². The van der Waals surface area contributed by atoms with Gasteiger partial charge in [0.1, 0.15) is 0 Å². The van der Waals surface area contributed by atoms with E-state index in [9.17, 15) is 9.59 Å². The van der Waals surface area contributed by atoms with E-state index in [1.807, 2.05) is 4.90 Å². The molecule has 1 rings (SSSR count). The normalized spacial score (nSPS) is 11.0. The van der Waals surface area contributed by atoms with E-state index in [2.05, 4.69) is 32.7 Å². The summed E-state index contributed by atoms with van der Waals surface area (Å²) in [5.41, 5.74) is 0.349. The number of hydrogen-bond donors (Lipinski definition) is 1. The molecule has 0 aliphatic rings. The van der Waals surface area contributed by atoms with Crippen molar-refractivity contribution in [3.63, 3.8) is 0 Å². The van der Waals surface area contributed by atoms with E-state index >= 15 is 0 Å². The van der Waals surface area contributed by atoms with E-state index in [1.54, 1.807) is 6.07 Å². The summed E-state index contributed by atoms with van der Waals surface area (Å²) in [5, 5.41) is 0. The molecule has 1 aromatic heterocycles. The molecule has 0 aliphatic heterocycles. The second kappa shape index (κ2) is 6.38. The monoisotopic (exact) mass is 250 g/mol. The SMILES string of the molecule is CC(C)CN(CC(C)C)C(=O)c1ccc(=O)[nH]c1. The van der Waals surface area contributed by atoms with Crippen molar-refractivity contribution in [1.82, 2.24) is 9.88 Å². The van der Waals surface area contributed by atoms with Crippen LogP contribution in [0.25, 0.3) is 0 Å². The Labute approximate surface area is 108 Å². The molecule has 0 spiro atoms. The molecular weight excluding hydrogens is 228 g/mol. The van der Waals surface area contributed by atoms with Crippen molar-refractivity contribution in [2.75, 3.05) is 13.1 Å². The van der Waals surface area contributed by atoms with Gasteiger partial charge in [-0.15, -0.1) is 0 Å². The van der Waals surface area contributed by atoms with Crippen LogP contribution < -0.4 is 5.56 Å². The first kappa shape index (κ1) is 14.5. The molecule has 18 heavy (non-hydrogen) atoms. The number of carbonyl (C=O) groups is 1. The number of aromatic amines is 1. The fourth-order valence-electron chi connectivity index (χ4n) is 1.85. The molecule has 1 heterocycles. The Balaban J connectivity index is 2.87. The first-order valence-electron chi connectivity index (χ1n) is 6.38. The summed E-state index contributed by atoms with van der Waals surface area (Å²) in [6.07, 6.45) is 1.48. The highest BCUT2D eigenvalue weighted by atomic mass is 16.2. The molecule has 0 saturated heterocycles. The van der Waals surface area contributed by atoms with Crippen LogP contribution in [0.3, 0.4) is 0 Å². The van der Waals surface area contributed by atoms with Crippen molar-refractivity contribution >= 4 is 5.91 Å². The highest BCUT2D eigenvalue weighted by Gasteiger charge is 2.17. The number of nitrogens with zero attached hydrogens (tertiary/aromatic N) is 1. The molecule has 0 unspecified atom stereocenters. The smallest absolute Gasteiger partial charge is 0.255 e. The first-order chi connectivity index (χ1) is 8.40. The van der Waals surface area contributed by atoms with Gasteiger partial charge < -0.3 is 9.88 Å². The van der Waals surface area contributed by atoms with E-state index in [-0.39, 0.29) is 11.5 Å². The zero-order chi connectivity index (χ0) is 13.7. The predicted molar refractivity (Wildman–Crippen MR) is 72.6 cm³/mol. The van der Waals surface area contributed by atoms with Crippen molar-refractivity contribution in [3.8, 4) is 0 Å². The average Bonchev–Trinajstić information content (AvgIpc) is 2.27. The van der Waals surface area contributed by atoms with Crippen LogP contribution in [-0.2, 0) is 0 Å². The number of H-pyrrole nitrogens is 1. The van der Waals surface area contributed by atoms with Gasteiger partial charge in [-0.25, -0.2) is 0 Å². The van der Waals surface area contributed by atoms with Gasteiger partial charge in [-0.3, -0.25) is 9.59 Å². The Bertz CT molecular complexity index is 419. The van der Waals surface area contributed by atoms with Crippen molar-refractivity contribution in [2.24, 2.45) is 11.8 Å². The van der Waals surface area contributed by atoms with Gasteiger partial charge in [0, 0.05) is 25.4 Å². The molecule has 4 heteroatoms. The quantitative estimate of drug-likeness (QED) is 0.870. The Morgan fingerprint density at radius 1 is 1.17 bits per heavy atom. The Morgan fingerprint density at radius 2 is 1.72 bits per heavy atom. The molecule has 1 aromatic rings. The largest absolute Gasteiger partial charge is 0.338 e. The maximum absolute atomic E-state index is 12.3. The fourth-order valence-corrected chi connectivity index (χ4v) is 1.85. The van der Waals surface area contributed by atoms with E-state index in [4.69, 9.17) is 0 Å². The van der Waals surface area contributed by atoms with Crippen LogP contribution in [0.2, 0.25) is 0 Å². The minimum Gasteiger partial charge on any atom is -0.338 e. The summed E-state index contributed by atoms with van der Waals surface area (Å²) in [6.45, 7) is 9.83. The highest BCUT2D eigenvalue weighted by Crippen LogP contribution is 2.09. The molecule has 0 saturated carbocycles. The van der Waals surface area contributed by atoms with Gasteiger partial charge in [0.25, 0.3) is 5.91 Å². The second-order valence-electron chi connectivity index (χ2n) is 5.44. The van der Waals surface area contributed by atoms with Crippen LogP contribution in [0.4, 0.5) is 0 Å². The number of nitrogens with one attached hydrogen (secondary N) is 1. The zero-order valence-corrected chi connectivity index (χ0v) is 11.6. The number of pyridine rings is 1. The number of rotatable bonds is 5. The minimum atomic E-state index is -0.189. The summed E-state index contributed by atoms with van der Waals surface area (Å²) in [6, 6.07) is 2.96. The third-order valence-corrected chi connectivity index (χ3v) is 2.49. The second-order valence-corrected chi connectivity index (χ2v) is 5.44. The number of hydrogen-bond acceptors (Lipinski definition) is 2. The molecule has 0 bridgehead atoms. The number of carbonyl (C=O) groups excluding carboxylic acids is 1. The minimum absolute atomic E-state index is 0.0198. The van der Waals surface area contributed by atoms with Crippen molar-refractivity contribution in [2.45, 2.75) is 27.7 Å². The van der Waals surface area contributed by atoms with Crippen molar-refractivity contribution in [1.29, 1.82) is 0 Å². The van der Waals surface area contributed by atoms with Crippen LogP contribution in [0, 0.1) is 11.8 Å². The molecule has 4 nitrogen and oxygen atoms in total. The number of aromatic nitrogens is 1.